The Labute approximate surface area is 154 Å². The van der Waals surface area contributed by atoms with Crippen molar-refractivity contribution in [2.75, 3.05) is 19.7 Å². The molecule has 0 unspecified atom stereocenters. The third-order valence-corrected chi connectivity index (χ3v) is 4.11. The maximum atomic E-state index is 5.88. The number of hydrogen-bond acceptors (Lipinski definition) is 2. The highest BCUT2D eigenvalue weighted by Crippen LogP contribution is 2.17. The number of benzene rings is 2. The normalized spacial score (nSPS) is 10.2. The van der Waals surface area contributed by atoms with Gasteiger partial charge in [0.2, 0.25) is 0 Å². The SMILES string of the molecule is CCOc1ccccc1CCNC(=S)NCCc1ccc(Cl)cc1. The summed E-state index contributed by atoms with van der Waals surface area (Å²) in [4.78, 5) is 0. The predicted octanol–water partition coefficient (Wildman–Crippen LogP) is 3.99. The second-order valence-electron chi connectivity index (χ2n) is 5.35. The number of para-hydroxylation sites is 1. The van der Waals surface area contributed by atoms with Gasteiger partial charge in [-0.15, -0.1) is 0 Å². The van der Waals surface area contributed by atoms with E-state index in [1.165, 1.54) is 11.1 Å². The maximum Gasteiger partial charge on any atom is 0.166 e. The van der Waals surface area contributed by atoms with Gasteiger partial charge in [-0.2, -0.15) is 0 Å². The molecule has 2 aromatic rings. The minimum absolute atomic E-state index is 0.676. The van der Waals surface area contributed by atoms with Crippen LogP contribution in [0.2, 0.25) is 5.02 Å². The first-order valence-corrected chi connectivity index (χ1v) is 8.94. The first kappa shape index (κ1) is 18.6. The molecule has 0 amide bonds. The Morgan fingerprint density at radius 2 is 1.67 bits per heavy atom. The van der Waals surface area contributed by atoms with Crippen molar-refractivity contribution in [2.24, 2.45) is 0 Å². The van der Waals surface area contributed by atoms with Gasteiger partial charge in [0, 0.05) is 18.1 Å². The highest BCUT2D eigenvalue weighted by molar-refractivity contribution is 7.80. The highest BCUT2D eigenvalue weighted by Gasteiger charge is 2.03. The van der Waals surface area contributed by atoms with Gasteiger partial charge < -0.3 is 15.4 Å². The van der Waals surface area contributed by atoms with Crippen LogP contribution in [0.15, 0.2) is 48.5 Å². The lowest BCUT2D eigenvalue weighted by Gasteiger charge is -2.12. The number of ether oxygens (including phenoxy) is 1. The molecule has 24 heavy (non-hydrogen) atoms. The van der Waals surface area contributed by atoms with Crippen molar-refractivity contribution in [3.63, 3.8) is 0 Å². The number of thiocarbonyl (C=S) groups is 1. The summed E-state index contributed by atoms with van der Waals surface area (Å²) in [6, 6.07) is 16.0. The topological polar surface area (TPSA) is 33.3 Å². The second-order valence-corrected chi connectivity index (χ2v) is 6.19. The molecule has 0 fully saturated rings. The van der Waals surface area contributed by atoms with Crippen LogP contribution in [0.5, 0.6) is 5.75 Å². The Morgan fingerprint density at radius 3 is 2.38 bits per heavy atom. The smallest absolute Gasteiger partial charge is 0.166 e. The largest absolute Gasteiger partial charge is 0.494 e. The summed E-state index contributed by atoms with van der Waals surface area (Å²) in [7, 11) is 0. The zero-order valence-corrected chi connectivity index (χ0v) is 15.4. The maximum absolute atomic E-state index is 5.88. The Kier molecular flexibility index (Phi) is 7.86. The van der Waals surface area contributed by atoms with Gasteiger partial charge >= 0.3 is 0 Å². The summed E-state index contributed by atoms with van der Waals surface area (Å²) in [6.07, 6.45) is 1.78. The molecule has 3 nitrogen and oxygen atoms in total. The van der Waals surface area contributed by atoms with E-state index in [-0.39, 0.29) is 0 Å². The summed E-state index contributed by atoms with van der Waals surface area (Å²) < 4.78 is 5.63. The van der Waals surface area contributed by atoms with Crippen LogP contribution in [0.3, 0.4) is 0 Å². The summed E-state index contributed by atoms with van der Waals surface area (Å²) in [5, 5.41) is 7.91. The number of hydrogen-bond donors (Lipinski definition) is 2. The molecule has 2 aromatic carbocycles. The van der Waals surface area contributed by atoms with E-state index in [0.29, 0.717) is 11.7 Å². The molecule has 5 heteroatoms. The molecule has 0 radical (unpaired) electrons. The summed E-state index contributed by atoms with van der Waals surface area (Å²) in [5.41, 5.74) is 2.43. The minimum Gasteiger partial charge on any atom is -0.494 e. The van der Waals surface area contributed by atoms with Gasteiger partial charge in [-0.1, -0.05) is 41.9 Å². The third-order valence-electron chi connectivity index (χ3n) is 3.56. The van der Waals surface area contributed by atoms with E-state index in [9.17, 15) is 0 Å². The first-order valence-electron chi connectivity index (χ1n) is 8.16. The van der Waals surface area contributed by atoms with Crippen molar-refractivity contribution < 1.29 is 4.74 Å². The summed E-state index contributed by atoms with van der Waals surface area (Å²) in [5.74, 6) is 0.948. The summed E-state index contributed by atoms with van der Waals surface area (Å²) in [6.45, 7) is 4.24. The van der Waals surface area contributed by atoms with Gasteiger partial charge in [0.15, 0.2) is 5.11 Å². The molecule has 0 aliphatic carbocycles. The molecule has 0 atom stereocenters. The quantitative estimate of drug-likeness (QED) is 0.696. The molecule has 2 rings (SSSR count). The molecule has 0 aliphatic heterocycles. The van der Waals surface area contributed by atoms with E-state index < -0.39 is 0 Å². The fraction of sp³-hybridized carbons (Fsp3) is 0.316. The van der Waals surface area contributed by atoms with Crippen molar-refractivity contribution in [1.82, 2.24) is 10.6 Å². The monoisotopic (exact) mass is 362 g/mol. The van der Waals surface area contributed by atoms with Crippen molar-refractivity contribution >= 4 is 28.9 Å². The van der Waals surface area contributed by atoms with E-state index in [0.717, 1.165) is 36.7 Å². The molecule has 0 bridgehead atoms. The van der Waals surface area contributed by atoms with Gasteiger partial charge in [-0.3, -0.25) is 0 Å². The van der Waals surface area contributed by atoms with Gasteiger partial charge in [0.05, 0.1) is 6.61 Å². The van der Waals surface area contributed by atoms with Crippen LogP contribution in [0.4, 0.5) is 0 Å². The van der Waals surface area contributed by atoms with Crippen LogP contribution < -0.4 is 15.4 Å². The Bertz CT molecular complexity index is 646. The van der Waals surface area contributed by atoms with Crippen LogP contribution in [0.1, 0.15) is 18.1 Å². The summed E-state index contributed by atoms with van der Waals surface area (Å²) >= 11 is 11.2. The molecule has 0 aliphatic rings. The fourth-order valence-corrected chi connectivity index (χ4v) is 2.68. The number of halogens is 1. The number of nitrogens with one attached hydrogen (secondary N) is 2. The van der Waals surface area contributed by atoms with E-state index in [2.05, 4.69) is 16.7 Å². The molecule has 2 N–H and O–H groups in total. The zero-order chi connectivity index (χ0) is 17.2. The van der Waals surface area contributed by atoms with Crippen LogP contribution >= 0.6 is 23.8 Å². The molecule has 0 aromatic heterocycles. The fourth-order valence-electron chi connectivity index (χ4n) is 2.35. The van der Waals surface area contributed by atoms with E-state index in [1.54, 1.807) is 0 Å². The van der Waals surface area contributed by atoms with Crippen molar-refractivity contribution in [3.8, 4) is 5.75 Å². The van der Waals surface area contributed by atoms with Gasteiger partial charge in [0.1, 0.15) is 5.75 Å². The van der Waals surface area contributed by atoms with Crippen molar-refractivity contribution in [1.29, 1.82) is 0 Å². The molecular formula is C19H23ClN2OS. The predicted molar refractivity (Wildman–Crippen MR) is 105 cm³/mol. The van der Waals surface area contributed by atoms with Crippen LogP contribution in [0, 0.1) is 0 Å². The van der Waals surface area contributed by atoms with Gasteiger partial charge in [-0.05, 0) is 61.3 Å². The Balaban J connectivity index is 1.67. The van der Waals surface area contributed by atoms with Gasteiger partial charge in [0.25, 0.3) is 0 Å². The van der Waals surface area contributed by atoms with E-state index in [1.807, 2.05) is 49.4 Å². The van der Waals surface area contributed by atoms with Crippen molar-refractivity contribution in [3.05, 3.63) is 64.7 Å². The first-order chi connectivity index (χ1) is 11.7. The van der Waals surface area contributed by atoms with E-state index in [4.69, 9.17) is 28.6 Å². The molecule has 128 valence electrons. The van der Waals surface area contributed by atoms with Crippen molar-refractivity contribution in [2.45, 2.75) is 19.8 Å². The Morgan fingerprint density at radius 1 is 1.00 bits per heavy atom. The highest BCUT2D eigenvalue weighted by atomic mass is 35.5. The van der Waals surface area contributed by atoms with Crippen LogP contribution in [0.25, 0.3) is 0 Å². The molecule has 0 heterocycles. The lowest BCUT2D eigenvalue weighted by atomic mass is 10.1. The average molecular weight is 363 g/mol. The molecule has 0 saturated carbocycles. The average Bonchev–Trinajstić information content (AvgIpc) is 2.58. The Hall–Kier alpha value is -1.78. The lowest BCUT2D eigenvalue weighted by Crippen LogP contribution is -2.37. The number of rotatable bonds is 8. The minimum atomic E-state index is 0.676. The van der Waals surface area contributed by atoms with Gasteiger partial charge in [-0.25, -0.2) is 0 Å². The van der Waals surface area contributed by atoms with Crippen LogP contribution in [-0.4, -0.2) is 24.8 Å². The van der Waals surface area contributed by atoms with Crippen LogP contribution in [-0.2, 0) is 12.8 Å². The lowest BCUT2D eigenvalue weighted by molar-refractivity contribution is 0.336. The standard InChI is InChI=1S/C19H23ClN2OS/c1-2-23-18-6-4-3-5-16(18)12-14-22-19(24)21-13-11-15-7-9-17(20)10-8-15/h3-10H,2,11-14H2,1H3,(H2,21,22,24). The third kappa shape index (κ3) is 6.38. The van der Waals surface area contributed by atoms with E-state index >= 15 is 0 Å². The molecule has 0 saturated heterocycles. The molecular weight excluding hydrogens is 340 g/mol. The zero-order valence-electron chi connectivity index (χ0n) is 13.8. The molecule has 0 spiro atoms. The second kappa shape index (κ2) is 10.2.